The summed E-state index contributed by atoms with van der Waals surface area (Å²) in [5.74, 6) is -1.87. The molecule has 1 aliphatic rings. The number of nitrogens with zero attached hydrogens (tertiary/aromatic N) is 1. The minimum absolute atomic E-state index is 0.0542. The summed E-state index contributed by atoms with van der Waals surface area (Å²) < 4.78 is 30.7. The standard InChI is InChI=1S/C11H21NO5S/c1-8-5-12(6-9(8)10(13)14)18(15,16)7-11(2,3)17-4/h8-9H,5-7H2,1-4H3,(H,13,14)/t8-,9-/m1/s1. The first-order valence-corrected chi connectivity index (χ1v) is 7.46. The molecule has 1 N–H and O–H groups in total. The van der Waals surface area contributed by atoms with Gasteiger partial charge in [-0.2, -0.15) is 0 Å². The molecule has 0 spiro atoms. The van der Waals surface area contributed by atoms with E-state index in [9.17, 15) is 13.2 Å². The van der Waals surface area contributed by atoms with Gasteiger partial charge in [-0.3, -0.25) is 4.79 Å². The molecule has 18 heavy (non-hydrogen) atoms. The summed E-state index contributed by atoms with van der Waals surface area (Å²) >= 11 is 0. The Bertz CT molecular complexity index is 417. The van der Waals surface area contributed by atoms with Gasteiger partial charge in [0.1, 0.15) is 0 Å². The number of carbonyl (C=O) groups is 1. The Morgan fingerprint density at radius 1 is 1.44 bits per heavy atom. The number of aliphatic carboxylic acids is 1. The van der Waals surface area contributed by atoms with Crippen LogP contribution in [0.3, 0.4) is 0 Å². The Kier molecular flexibility index (Phi) is 4.40. The monoisotopic (exact) mass is 279 g/mol. The third-order valence-corrected chi connectivity index (χ3v) is 5.52. The highest BCUT2D eigenvalue weighted by Crippen LogP contribution is 2.27. The molecular weight excluding hydrogens is 258 g/mol. The SMILES string of the molecule is COC(C)(C)CS(=O)(=O)N1C[C@@H](C)[C@H](C(=O)O)C1. The normalized spacial score (nSPS) is 26.4. The molecule has 106 valence electrons. The fourth-order valence-corrected chi connectivity index (χ4v) is 4.09. The van der Waals surface area contributed by atoms with E-state index in [1.807, 2.05) is 0 Å². The van der Waals surface area contributed by atoms with E-state index < -0.39 is 27.5 Å². The van der Waals surface area contributed by atoms with Crippen LogP contribution in [0.25, 0.3) is 0 Å². The maximum Gasteiger partial charge on any atom is 0.308 e. The Labute approximate surface area is 108 Å². The van der Waals surface area contributed by atoms with Gasteiger partial charge in [-0.15, -0.1) is 0 Å². The molecule has 0 aromatic carbocycles. The van der Waals surface area contributed by atoms with Crippen molar-refractivity contribution in [2.24, 2.45) is 11.8 Å². The zero-order valence-corrected chi connectivity index (χ0v) is 12.0. The maximum atomic E-state index is 12.2. The van der Waals surface area contributed by atoms with Crippen molar-refractivity contribution >= 4 is 16.0 Å². The zero-order chi connectivity index (χ0) is 14.1. The second-order valence-corrected chi connectivity index (χ2v) is 7.43. The van der Waals surface area contributed by atoms with Gasteiger partial charge in [-0.25, -0.2) is 12.7 Å². The van der Waals surface area contributed by atoms with E-state index in [2.05, 4.69) is 0 Å². The summed E-state index contributed by atoms with van der Waals surface area (Å²) in [6.07, 6.45) is 0. The number of hydrogen-bond acceptors (Lipinski definition) is 4. The minimum atomic E-state index is -3.48. The van der Waals surface area contributed by atoms with Gasteiger partial charge in [-0.05, 0) is 19.8 Å². The Morgan fingerprint density at radius 3 is 2.39 bits per heavy atom. The first-order chi connectivity index (χ1) is 8.09. The number of rotatable bonds is 5. The van der Waals surface area contributed by atoms with Crippen molar-refractivity contribution < 1.29 is 23.1 Å². The average molecular weight is 279 g/mol. The van der Waals surface area contributed by atoms with Crippen molar-refractivity contribution in [3.8, 4) is 0 Å². The lowest BCUT2D eigenvalue weighted by atomic mass is 9.99. The molecule has 2 atom stereocenters. The molecule has 0 radical (unpaired) electrons. The van der Waals surface area contributed by atoms with Gasteiger partial charge in [0.25, 0.3) is 0 Å². The van der Waals surface area contributed by atoms with E-state index >= 15 is 0 Å². The maximum absolute atomic E-state index is 12.2. The summed E-state index contributed by atoms with van der Waals surface area (Å²) in [5.41, 5.74) is -0.774. The predicted octanol–water partition coefficient (Wildman–Crippen LogP) is 0.394. The molecular formula is C11H21NO5S. The Morgan fingerprint density at radius 2 is 2.00 bits per heavy atom. The van der Waals surface area contributed by atoms with E-state index in [0.717, 1.165) is 0 Å². The van der Waals surface area contributed by atoms with Gasteiger partial charge in [0.2, 0.25) is 10.0 Å². The molecule has 0 aliphatic carbocycles. The molecule has 1 aliphatic heterocycles. The highest BCUT2D eigenvalue weighted by atomic mass is 32.2. The lowest BCUT2D eigenvalue weighted by molar-refractivity contribution is -0.142. The van der Waals surface area contributed by atoms with Crippen LogP contribution in [0.2, 0.25) is 0 Å². The topological polar surface area (TPSA) is 83.9 Å². The quantitative estimate of drug-likeness (QED) is 0.787. The first-order valence-electron chi connectivity index (χ1n) is 5.85. The largest absolute Gasteiger partial charge is 0.481 e. The van der Waals surface area contributed by atoms with E-state index in [-0.39, 0.29) is 24.8 Å². The minimum Gasteiger partial charge on any atom is -0.481 e. The molecule has 7 heteroatoms. The predicted molar refractivity (Wildman–Crippen MR) is 66.7 cm³/mol. The first kappa shape index (κ1) is 15.4. The second-order valence-electron chi connectivity index (χ2n) is 5.46. The lowest BCUT2D eigenvalue weighted by Crippen LogP contribution is -2.41. The van der Waals surface area contributed by atoms with Crippen LogP contribution in [-0.2, 0) is 19.6 Å². The Balaban J connectivity index is 2.80. The van der Waals surface area contributed by atoms with Crippen molar-refractivity contribution in [3.63, 3.8) is 0 Å². The molecule has 1 rings (SSSR count). The van der Waals surface area contributed by atoms with Gasteiger partial charge in [-0.1, -0.05) is 6.92 Å². The third-order valence-electron chi connectivity index (χ3n) is 3.37. The van der Waals surface area contributed by atoms with Crippen LogP contribution in [0.15, 0.2) is 0 Å². The van der Waals surface area contributed by atoms with Crippen LogP contribution < -0.4 is 0 Å². The molecule has 0 aromatic rings. The highest BCUT2D eigenvalue weighted by Gasteiger charge is 2.41. The number of ether oxygens (including phenoxy) is 1. The summed E-state index contributed by atoms with van der Waals surface area (Å²) in [7, 11) is -2.02. The van der Waals surface area contributed by atoms with Crippen molar-refractivity contribution in [2.75, 3.05) is 26.0 Å². The summed E-state index contributed by atoms with van der Waals surface area (Å²) in [6, 6.07) is 0. The van der Waals surface area contributed by atoms with Crippen LogP contribution in [0.5, 0.6) is 0 Å². The summed E-state index contributed by atoms with van der Waals surface area (Å²) in [4.78, 5) is 11.0. The van der Waals surface area contributed by atoms with E-state index in [0.29, 0.717) is 0 Å². The summed E-state index contributed by atoms with van der Waals surface area (Å²) in [6.45, 7) is 5.46. The molecule has 1 fully saturated rings. The van der Waals surface area contributed by atoms with E-state index in [1.54, 1.807) is 20.8 Å². The smallest absolute Gasteiger partial charge is 0.308 e. The van der Waals surface area contributed by atoms with Gasteiger partial charge < -0.3 is 9.84 Å². The van der Waals surface area contributed by atoms with Crippen molar-refractivity contribution in [2.45, 2.75) is 26.4 Å². The Hall–Kier alpha value is -0.660. The fourth-order valence-electron chi connectivity index (χ4n) is 2.06. The lowest BCUT2D eigenvalue weighted by Gasteiger charge is -2.26. The van der Waals surface area contributed by atoms with Crippen molar-refractivity contribution in [3.05, 3.63) is 0 Å². The van der Waals surface area contributed by atoms with Crippen LogP contribution >= 0.6 is 0 Å². The zero-order valence-electron chi connectivity index (χ0n) is 11.2. The number of sulfonamides is 1. The molecule has 0 bridgehead atoms. The molecule has 6 nitrogen and oxygen atoms in total. The van der Waals surface area contributed by atoms with Crippen molar-refractivity contribution in [1.29, 1.82) is 0 Å². The van der Waals surface area contributed by atoms with Gasteiger partial charge in [0.15, 0.2) is 0 Å². The number of methoxy groups -OCH3 is 1. The van der Waals surface area contributed by atoms with Crippen LogP contribution in [0.1, 0.15) is 20.8 Å². The van der Waals surface area contributed by atoms with Gasteiger partial charge in [0, 0.05) is 20.2 Å². The highest BCUT2D eigenvalue weighted by molar-refractivity contribution is 7.89. The number of carboxylic acids is 1. The fraction of sp³-hybridized carbons (Fsp3) is 0.909. The van der Waals surface area contributed by atoms with E-state index in [4.69, 9.17) is 9.84 Å². The molecule has 0 saturated carbocycles. The molecule has 1 heterocycles. The number of carboxylic acid groups (broad SMARTS) is 1. The third kappa shape index (κ3) is 3.43. The van der Waals surface area contributed by atoms with Gasteiger partial charge in [0.05, 0.1) is 17.3 Å². The van der Waals surface area contributed by atoms with Crippen LogP contribution in [0.4, 0.5) is 0 Å². The van der Waals surface area contributed by atoms with Crippen LogP contribution in [0, 0.1) is 11.8 Å². The van der Waals surface area contributed by atoms with E-state index in [1.165, 1.54) is 11.4 Å². The van der Waals surface area contributed by atoms with Crippen LogP contribution in [-0.4, -0.2) is 55.4 Å². The van der Waals surface area contributed by atoms with Crippen molar-refractivity contribution in [1.82, 2.24) is 4.31 Å². The number of hydrogen-bond donors (Lipinski definition) is 1. The van der Waals surface area contributed by atoms with Gasteiger partial charge >= 0.3 is 5.97 Å². The molecule has 0 unspecified atom stereocenters. The molecule has 1 saturated heterocycles. The molecule has 0 amide bonds. The molecule has 0 aromatic heterocycles. The second kappa shape index (κ2) is 5.14. The average Bonchev–Trinajstić information content (AvgIpc) is 2.59. The summed E-state index contributed by atoms with van der Waals surface area (Å²) in [5, 5.41) is 9.00.